The second-order valence-corrected chi connectivity index (χ2v) is 4.71. The van der Waals surface area contributed by atoms with Gasteiger partial charge in [0.05, 0.1) is 7.11 Å². The molecule has 0 saturated heterocycles. The maximum Gasteiger partial charge on any atom is 0.221 e. The van der Waals surface area contributed by atoms with Gasteiger partial charge in [0.1, 0.15) is 5.75 Å². The molecular weight excluding hydrogens is 300 g/mol. The van der Waals surface area contributed by atoms with Crippen LogP contribution in [0, 0.1) is 0 Å². The van der Waals surface area contributed by atoms with E-state index in [1.807, 2.05) is 48.5 Å². The Balaban J connectivity index is 0.00000242. The van der Waals surface area contributed by atoms with Gasteiger partial charge < -0.3 is 15.8 Å². The van der Waals surface area contributed by atoms with Crippen molar-refractivity contribution < 1.29 is 9.53 Å². The first-order valence-corrected chi connectivity index (χ1v) is 6.93. The van der Waals surface area contributed by atoms with Crippen LogP contribution in [0.2, 0.25) is 0 Å². The maximum atomic E-state index is 11.4. The van der Waals surface area contributed by atoms with Crippen LogP contribution in [0.3, 0.4) is 0 Å². The van der Waals surface area contributed by atoms with Crippen LogP contribution >= 0.6 is 12.4 Å². The molecule has 4 nitrogen and oxygen atoms in total. The summed E-state index contributed by atoms with van der Waals surface area (Å²) in [6.45, 7) is 0.892. The zero-order valence-corrected chi connectivity index (χ0v) is 13.4. The Morgan fingerprint density at radius 3 is 2.45 bits per heavy atom. The van der Waals surface area contributed by atoms with Crippen LogP contribution in [0.4, 0.5) is 0 Å². The summed E-state index contributed by atoms with van der Waals surface area (Å²) in [4.78, 5) is 11.4. The lowest BCUT2D eigenvalue weighted by Gasteiger charge is -2.09. The van der Waals surface area contributed by atoms with Crippen LogP contribution in [-0.4, -0.2) is 19.6 Å². The van der Waals surface area contributed by atoms with Crippen LogP contribution < -0.4 is 15.8 Å². The number of benzene rings is 2. The van der Waals surface area contributed by atoms with Crippen LogP contribution in [-0.2, 0) is 11.3 Å². The number of methoxy groups -OCH3 is 1. The molecule has 0 unspecified atom stereocenters. The number of carbonyl (C=O) groups excluding carboxylic acids is 1. The van der Waals surface area contributed by atoms with E-state index in [1.54, 1.807) is 7.11 Å². The Morgan fingerprint density at radius 2 is 1.82 bits per heavy atom. The molecule has 22 heavy (non-hydrogen) atoms. The normalized spacial score (nSPS) is 9.73. The lowest BCUT2D eigenvalue weighted by Crippen LogP contribution is -2.24. The molecule has 5 heteroatoms. The molecule has 0 radical (unpaired) electrons. The number of carbonyl (C=O) groups is 1. The third-order valence-electron chi connectivity index (χ3n) is 3.23. The van der Waals surface area contributed by atoms with Gasteiger partial charge in [0, 0.05) is 25.1 Å². The van der Waals surface area contributed by atoms with E-state index in [0.29, 0.717) is 19.5 Å². The van der Waals surface area contributed by atoms with Gasteiger partial charge in [-0.2, -0.15) is 0 Å². The number of amides is 1. The van der Waals surface area contributed by atoms with Gasteiger partial charge >= 0.3 is 0 Å². The summed E-state index contributed by atoms with van der Waals surface area (Å²) in [6.07, 6.45) is 0.360. The molecule has 0 heterocycles. The highest BCUT2D eigenvalue weighted by Crippen LogP contribution is 2.29. The Kier molecular flexibility index (Phi) is 7.43. The van der Waals surface area contributed by atoms with Crippen molar-refractivity contribution in [3.8, 4) is 16.9 Å². The fourth-order valence-corrected chi connectivity index (χ4v) is 2.11. The Bertz CT molecular complexity index is 600. The number of para-hydroxylation sites is 1. The van der Waals surface area contributed by atoms with Gasteiger partial charge in [0.25, 0.3) is 0 Å². The summed E-state index contributed by atoms with van der Waals surface area (Å²) in [5.41, 5.74) is 8.53. The van der Waals surface area contributed by atoms with Gasteiger partial charge in [-0.15, -0.1) is 12.4 Å². The molecule has 2 rings (SSSR count). The number of halogens is 1. The molecule has 0 bridgehead atoms. The average Bonchev–Trinajstić information content (AvgIpc) is 2.54. The lowest BCUT2D eigenvalue weighted by atomic mass is 10.0. The number of nitrogens with one attached hydrogen (secondary N) is 1. The van der Waals surface area contributed by atoms with E-state index < -0.39 is 0 Å². The zero-order valence-electron chi connectivity index (χ0n) is 12.5. The summed E-state index contributed by atoms with van der Waals surface area (Å²) in [5, 5.41) is 2.84. The largest absolute Gasteiger partial charge is 0.496 e. The van der Waals surface area contributed by atoms with E-state index in [0.717, 1.165) is 22.4 Å². The molecule has 118 valence electrons. The Morgan fingerprint density at radius 1 is 1.14 bits per heavy atom. The van der Waals surface area contributed by atoms with E-state index in [2.05, 4.69) is 5.32 Å². The van der Waals surface area contributed by atoms with Crippen LogP contribution in [0.1, 0.15) is 12.0 Å². The third kappa shape index (κ3) is 4.76. The first kappa shape index (κ1) is 18.0. The quantitative estimate of drug-likeness (QED) is 0.860. The summed E-state index contributed by atoms with van der Waals surface area (Å²) < 4.78 is 5.37. The molecule has 0 saturated carbocycles. The molecule has 0 aromatic heterocycles. The molecule has 1 amide bonds. The van der Waals surface area contributed by atoms with Crippen molar-refractivity contribution in [3.05, 3.63) is 54.1 Å². The van der Waals surface area contributed by atoms with Crippen LogP contribution in [0.5, 0.6) is 5.75 Å². The van der Waals surface area contributed by atoms with E-state index in [4.69, 9.17) is 10.5 Å². The smallest absolute Gasteiger partial charge is 0.221 e. The van der Waals surface area contributed by atoms with E-state index in [9.17, 15) is 4.79 Å². The highest BCUT2D eigenvalue weighted by Gasteiger charge is 2.05. The molecule has 3 N–H and O–H groups in total. The number of hydrogen-bond donors (Lipinski definition) is 2. The molecule has 2 aromatic carbocycles. The Hall–Kier alpha value is -2.04. The molecule has 0 aliphatic rings. The third-order valence-corrected chi connectivity index (χ3v) is 3.23. The van der Waals surface area contributed by atoms with E-state index in [-0.39, 0.29) is 18.3 Å². The second kappa shape index (κ2) is 9.07. The fraction of sp³-hybridized carbons (Fsp3) is 0.235. The van der Waals surface area contributed by atoms with Crippen molar-refractivity contribution in [1.29, 1.82) is 0 Å². The first-order valence-electron chi connectivity index (χ1n) is 6.93. The van der Waals surface area contributed by atoms with Crippen LogP contribution in [0.25, 0.3) is 11.1 Å². The molecular formula is C17H21ClN2O2. The second-order valence-electron chi connectivity index (χ2n) is 4.71. The van der Waals surface area contributed by atoms with Crippen molar-refractivity contribution in [2.24, 2.45) is 5.73 Å². The highest BCUT2D eigenvalue weighted by molar-refractivity contribution is 5.85. The first-order chi connectivity index (χ1) is 10.2. The standard InChI is InChI=1S/C17H20N2O2.ClH/c1-21-16-5-3-2-4-15(16)14-8-6-13(7-9-14)12-19-17(20)10-11-18;/h2-9H,10-12,18H2,1H3,(H,19,20);1H. The molecule has 0 spiro atoms. The van der Waals surface area contributed by atoms with Crippen molar-refractivity contribution in [1.82, 2.24) is 5.32 Å². The fourth-order valence-electron chi connectivity index (χ4n) is 2.11. The summed E-state index contributed by atoms with van der Waals surface area (Å²) in [7, 11) is 1.67. The minimum atomic E-state index is -0.0219. The predicted molar refractivity (Wildman–Crippen MR) is 91.2 cm³/mol. The SMILES string of the molecule is COc1ccccc1-c1ccc(CNC(=O)CCN)cc1.Cl. The number of hydrogen-bond acceptors (Lipinski definition) is 3. The van der Waals surface area contributed by atoms with Crippen molar-refractivity contribution in [2.45, 2.75) is 13.0 Å². The van der Waals surface area contributed by atoms with Crippen molar-refractivity contribution in [2.75, 3.05) is 13.7 Å². The minimum Gasteiger partial charge on any atom is -0.496 e. The molecule has 0 fully saturated rings. The minimum absolute atomic E-state index is 0. The average molecular weight is 321 g/mol. The monoisotopic (exact) mass is 320 g/mol. The topological polar surface area (TPSA) is 64.3 Å². The number of rotatable bonds is 6. The molecule has 0 aliphatic heterocycles. The lowest BCUT2D eigenvalue weighted by molar-refractivity contribution is -0.121. The van der Waals surface area contributed by atoms with Crippen LogP contribution in [0.15, 0.2) is 48.5 Å². The van der Waals surface area contributed by atoms with E-state index >= 15 is 0 Å². The number of nitrogens with two attached hydrogens (primary N) is 1. The molecule has 0 aliphatic carbocycles. The zero-order chi connectivity index (χ0) is 15.1. The highest BCUT2D eigenvalue weighted by atomic mass is 35.5. The molecule has 0 atom stereocenters. The predicted octanol–water partition coefficient (Wildman–Crippen LogP) is 2.75. The summed E-state index contributed by atoms with van der Waals surface area (Å²) in [6, 6.07) is 16.0. The van der Waals surface area contributed by atoms with Gasteiger partial charge in [-0.1, -0.05) is 42.5 Å². The summed E-state index contributed by atoms with van der Waals surface area (Å²) in [5.74, 6) is 0.827. The Labute approximate surface area is 137 Å². The van der Waals surface area contributed by atoms with Gasteiger partial charge in [-0.3, -0.25) is 4.79 Å². The van der Waals surface area contributed by atoms with Crippen molar-refractivity contribution in [3.63, 3.8) is 0 Å². The van der Waals surface area contributed by atoms with Gasteiger partial charge in [0.2, 0.25) is 5.91 Å². The van der Waals surface area contributed by atoms with Gasteiger partial charge in [0.15, 0.2) is 0 Å². The van der Waals surface area contributed by atoms with E-state index in [1.165, 1.54) is 0 Å². The van der Waals surface area contributed by atoms with Gasteiger partial charge in [-0.25, -0.2) is 0 Å². The van der Waals surface area contributed by atoms with Gasteiger partial charge in [-0.05, 0) is 17.2 Å². The van der Waals surface area contributed by atoms with Crippen molar-refractivity contribution >= 4 is 18.3 Å². The number of ether oxygens (including phenoxy) is 1. The summed E-state index contributed by atoms with van der Waals surface area (Å²) >= 11 is 0. The molecule has 2 aromatic rings. The maximum absolute atomic E-state index is 11.4.